The Kier molecular flexibility index (Phi) is 4.76. The third kappa shape index (κ3) is 3.68. The Labute approximate surface area is 165 Å². The molecule has 1 aromatic carbocycles. The largest absolute Gasteiger partial charge is 0.340 e. The summed E-state index contributed by atoms with van der Waals surface area (Å²) in [6.07, 6.45) is 2.11. The van der Waals surface area contributed by atoms with Crippen LogP contribution in [0.3, 0.4) is 0 Å². The molecular formula is C20H20F3N5O. The van der Waals surface area contributed by atoms with Crippen molar-refractivity contribution in [3.63, 3.8) is 0 Å². The molecule has 3 aromatic rings. The Morgan fingerprint density at radius 1 is 1.31 bits per heavy atom. The number of benzene rings is 1. The summed E-state index contributed by atoms with van der Waals surface area (Å²) in [7, 11) is 0. The summed E-state index contributed by atoms with van der Waals surface area (Å²) in [5.41, 5.74) is 1.86. The van der Waals surface area contributed by atoms with E-state index < -0.39 is 29.6 Å². The first-order valence-electron chi connectivity index (χ1n) is 9.40. The third-order valence-corrected chi connectivity index (χ3v) is 5.23. The monoisotopic (exact) mass is 403 g/mol. The second-order valence-corrected chi connectivity index (χ2v) is 7.37. The summed E-state index contributed by atoms with van der Waals surface area (Å²) < 4.78 is 42.7. The fourth-order valence-corrected chi connectivity index (χ4v) is 3.75. The summed E-state index contributed by atoms with van der Waals surface area (Å²) in [5, 5.41) is 2.81. The number of nitrogens with zero attached hydrogens (tertiary/aromatic N) is 4. The van der Waals surface area contributed by atoms with Gasteiger partial charge in [0, 0.05) is 31.6 Å². The molecular weight excluding hydrogens is 383 g/mol. The highest BCUT2D eigenvalue weighted by Gasteiger charge is 2.50. The second-order valence-electron chi connectivity index (χ2n) is 7.37. The summed E-state index contributed by atoms with van der Waals surface area (Å²) in [4.78, 5) is 25.3. The lowest BCUT2D eigenvalue weighted by Crippen LogP contribution is -2.45. The van der Waals surface area contributed by atoms with Crippen LogP contribution in [0.4, 0.5) is 13.2 Å². The second kappa shape index (κ2) is 7.13. The molecule has 0 bridgehead atoms. The van der Waals surface area contributed by atoms with Gasteiger partial charge < -0.3 is 9.88 Å². The zero-order valence-electron chi connectivity index (χ0n) is 16.0. The SMILES string of the molecule is CCn1c([C@@H](NC(=O)c2cnc(C)cn2)C2CC(F)(F)C2)nc2cc(F)ccc21. The summed E-state index contributed by atoms with van der Waals surface area (Å²) in [6, 6.07) is 3.47. The number of halogens is 3. The number of nitrogens with one attached hydrogen (secondary N) is 1. The van der Waals surface area contributed by atoms with Crippen LogP contribution in [0.25, 0.3) is 11.0 Å². The van der Waals surface area contributed by atoms with Gasteiger partial charge >= 0.3 is 0 Å². The maximum Gasteiger partial charge on any atom is 0.272 e. The lowest BCUT2D eigenvalue weighted by atomic mass is 9.76. The number of aryl methyl sites for hydroxylation is 2. The molecule has 1 saturated carbocycles. The zero-order valence-corrected chi connectivity index (χ0v) is 16.0. The van der Waals surface area contributed by atoms with E-state index >= 15 is 0 Å². The van der Waals surface area contributed by atoms with Gasteiger partial charge in [-0.25, -0.2) is 23.1 Å². The van der Waals surface area contributed by atoms with Gasteiger partial charge in [-0.1, -0.05) is 0 Å². The first-order chi connectivity index (χ1) is 13.8. The number of aromatic nitrogens is 4. The van der Waals surface area contributed by atoms with Crippen molar-refractivity contribution >= 4 is 16.9 Å². The van der Waals surface area contributed by atoms with Crippen LogP contribution in [-0.2, 0) is 6.54 Å². The van der Waals surface area contributed by atoms with Gasteiger partial charge in [0.25, 0.3) is 5.91 Å². The van der Waals surface area contributed by atoms with Crippen LogP contribution in [0.5, 0.6) is 0 Å². The highest BCUT2D eigenvalue weighted by molar-refractivity contribution is 5.92. The number of hydrogen-bond acceptors (Lipinski definition) is 4. The van der Waals surface area contributed by atoms with Gasteiger partial charge in [-0.3, -0.25) is 9.78 Å². The number of alkyl halides is 2. The van der Waals surface area contributed by atoms with Crippen molar-refractivity contribution in [1.29, 1.82) is 0 Å². The average molecular weight is 403 g/mol. The molecule has 1 fully saturated rings. The molecule has 0 saturated heterocycles. The van der Waals surface area contributed by atoms with E-state index in [0.29, 0.717) is 29.1 Å². The van der Waals surface area contributed by atoms with Gasteiger partial charge in [0.15, 0.2) is 0 Å². The molecule has 0 spiro atoms. The quantitative estimate of drug-likeness (QED) is 0.703. The Hall–Kier alpha value is -2.97. The molecule has 6 nitrogen and oxygen atoms in total. The van der Waals surface area contributed by atoms with Crippen LogP contribution in [0.1, 0.15) is 47.8 Å². The van der Waals surface area contributed by atoms with Crippen molar-refractivity contribution in [3.8, 4) is 0 Å². The molecule has 4 rings (SSSR count). The lowest BCUT2D eigenvalue weighted by molar-refractivity contribution is -0.120. The number of carbonyl (C=O) groups is 1. The maximum absolute atomic E-state index is 13.7. The highest BCUT2D eigenvalue weighted by atomic mass is 19.3. The van der Waals surface area contributed by atoms with Crippen LogP contribution in [0.15, 0.2) is 30.6 Å². The van der Waals surface area contributed by atoms with Crippen molar-refractivity contribution in [1.82, 2.24) is 24.8 Å². The molecule has 152 valence electrons. The lowest BCUT2D eigenvalue weighted by Gasteiger charge is -2.40. The molecule has 1 atom stereocenters. The van der Waals surface area contributed by atoms with Gasteiger partial charge in [-0.15, -0.1) is 0 Å². The Morgan fingerprint density at radius 3 is 2.69 bits per heavy atom. The molecule has 0 aliphatic heterocycles. The van der Waals surface area contributed by atoms with Gasteiger partial charge in [-0.2, -0.15) is 0 Å². The van der Waals surface area contributed by atoms with Crippen molar-refractivity contribution in [2.24, 2.45) is 5.92 Å². The molecule has 9 heteroatoms. The third-order valence-electron chi connectivity index (χ3n) is 5.23. The van der Waals surface area contributed by atoms with Crippen molar-refractivity contribution in [3.05, 3.63) is 53.6 Å². The molecule has 1 aliphatic carbocycles. The van der Waals surface area contributed by atoms with Crippen LogP contribution in [0.2, 0.25) is 0 Å². The van der Waals surface area contributed by atoms with E-state index in [2.05, 4.69) is 20.3 Å². The van der Waals surface area contributed by atoms with Gasteiger partial charge in [0.1, 0.15) is 17.3 Å². The molecule has 1 amide bonds. The summed E-state index contributed by atoms with van der Waals surface area (Å²) in [5.74, 6) is -3.76. The van der Waals surface area contributed by atoms with E-state index in [9.17, 15) is 18.0 Å². The fraction of sp³-hybridized carbons (Fsp3) is 0.400. The standard InChI is InChI=1S/C20H20F3N5O/c1-3-28-16-5-4-13(21)6-14(16)26-18(28)17(12-7-20(22,23)8-12)27-19(29)15-10-24-11(2)9-25-15/h4-6,9-10,12,17H,3,7-8H2,1-2H3,(H,27,29)/t17-/m0/s1. The number of rotatable bonds is 5. The number of hydrogen-bond donors (Lipinski definition) is 1. The average Bonchev–Trinajstić information content (AvgIpc) is 3.01. The normalized spacial score (nSPS) is 17.1. The smallest absolute Gasteiger partial charge is 0.272 e. The molecule has 0 unspecified atom stereocenters. The van der Waals surface area contributed by atoms with Crippen molar-refractivity contribution in [2.75, 3.05) is 0 Å². The van der Waals surface area contributed by atoms with Crippen molar-refractivity contribution < 1.29 is 18.0 Å². The Morgan fingerprint density at radius 2 is 2.07 bits per heavy atom. The van der Waals surface area contributed by atoms with Gasteiger partial charge in [-0.05, 0) is 31.9 Å². The number of fused-ring (bicyclic) bond motifs is 1. The molecule has 29 heavy (non-hydrogen) atoms. The maximum atomic E-state index is 13.7. The summed E-state index contributed by atoms with van der Waals surface area (Å²) in [6.45, 7) is 4.13. The van der Waals surface area contributed by atoms with Crippen LogP contribution < -0.4 is 5.32 Å². The highest BCUT2D eigenvalue weighted by Crippen LogP contribution is 2.48. The van der Waals surface area contributed by atoms with Crippen molar-refractivity contribution in [2.45, 2.75) is 45.2 Å². The first kappa shape index (κ1) is 19.4. The predicted molar refractivity (Wildman–Crippen MR) is 100 cm³/mol. The minimum atomic E-state index is -2.76. The van der Waals surface area contributed by atoms with Crippen LogP contribution >= 0.6 is 0 Å². The molecule has 2 heterocycles. The van der Waals surface area contributed by atoms with E-state index in [0.717, 1.165) is 0 Å². The summed E-state index contributed by atoms with van der Waals surface area (Å²) >= 11 is 0. The van der Waals surface area contributed by atoms with E-state index in [1.807, 2.05) is 11.5 Å². The molecule has 0 radical (unpaired) electrons. The Balaban J connectivity index is 1.72. The topological polar surface area (TPSA) is 72.7 Å². The number of carbonyl (C=O) groups excluding carboxylic acids is 1. The fourth-order valence-electron chi connectivity index (χ4n) is 3.75. The van der Waals surface area contributed by atoms with E-state index in [4.69, 9.17) is 0 Å². The van der Waals surface area contributed by atoms with Crippen LogP contribution in [0, 0.1) is 18.7 Å². The van der Waals surface area contributed by atoms with E-state index in [1.165, 1.54) is 24.5 Å². The number of imidazole rings is 1. The Bertz CT molecular complexity index is 1060. The van der Waals surface area contributed by atoms with Gasteiger partial charge in [0.2, 0.25) is 5.92 Å². The predicted octanol–water partition coefficient (Wildman–Crippen LogP) is 3.81. The van der Waals surface area contributed by atoms with E-state index in [-0.39, 0.29) is 18.5 Å². The molecule has 1 N–H and O–H groups in total. The number of amides is 1. The van der Waals surface area contributed by atoms with E-state index in [1.54, 1.807) is 13.0 Å². The van der Waals surface area contributed by atoms with Crippen LogP contribution in [-0.4, -0.2) is 31.3 Å². The minimum Gasteiger partial charge on any atom is -0.340 e. The zero-order chi connectivity index (χ0) is 20.8. The molecule has 2 aromatic heterocycles. The molecule has 1 aliphatic rings. The first-order valence-corrected chi connectivity index (χ1v) is 9.40. The van der Waals surface area contributed by atoms with Gasteiger partial charge in [0.05, 0.1) is 29.0 Å². The minimum absolute atomic E-state index is 0.0943.